The van der Waals surface area contributed by atoms with E-state index in [9.17, 15) is 8.42 Å². The standard InChI is InChI=1S/C26H31NO5S/c1-5-26(27(2)18-17-20-11-16-24(30-3)25(19-20)31-4)32-21-12-14-23(15-13-21)33(28,29)22-9-7-6-8-10-22/h6-16,19,26H,5,17-18H2,1-4H3. The zero-order chi connectivity index (χ0) is 23.8. The second kappa shape index (κ2) is 11.2. The minimum absolute atomic E-state index is 0.137. The number of nitrogens with zero attached hydrogens (tertiary/aromatic N) is 1. The summed E-state index contributed by atoms with van der Waals surface area (Å²) in [5.41, 5.74) is 1.14. The van der Waals surface area contributed by atoms with E-state index in [0.29, 0.717) is 17.2 Å². The van der Waals surface area contributed by atoms with Crippen LogP contribution in [-0.2, 0) is 16.3 Å². The van der Waals surface area contributed by atoms with Crippen molar-refractivity contribution in [2.24, 2.45) is 0 Å². The molecule has 0 saturated heterocycles. The van der Waals surface area contributed by atoms with Gasteiger partial charge in [-0.1, -0.05) is 31.2 Å². The van der Waals surface area contributed by atoms with Gasteiger partial charge in [-0.25, -0.2) is 8.42 Å². The van der Waals surface area contributed by atoms with Gasteiger partial charge in [-0.15, -0.1) is 0 Å². The summed E-state index contributed by atoms with van der Waals surface area (Å²) in [5.74, 6) is 2.06. The Morgan fingerprint density at radius 3 is 2.09 bits per heavy atom. The van der Waals surface area contributed by atoms with E-state index in [1.807, 2.05) is 25.2 Å². The van der Waals surface area contributed by atoms with Gasteiger partial charge in [0.1, 0.15) is 5.75 Å². The molecule has 3 rings (SSSR count). The fraction of sp³-hybridized carbons (Fsp3) is 0.308. The van der Waals surface area contributed by atoms with Gasteiger partial charge in [-0.3, -0.25) is 4.90 Å². The van der Waals surface area contributed by atoms with Crippen molar-refractivity contribution in [2.75, 3.05) is 27.8 Å². The third-order valence-corrected chi connectivity index (χ3v) is 7.29. The second-order valence-electron chi connectivity index (χ2n) is 7.69. The SMILES string of the molecule is CCC(Oc1ccc(S(=O)(=O)c2ccccc2)cc1)N(C)CCc1ccc(OC)c(OC)c1. The second-order valence-corrected chi connectivity index (χ2v) is 9.64. The lowest BCUT2D eigenvalue weighted by Crippen LogP contribution is -2.37. The minimum Gasteiger partial charge on any atom is -0.493 e. The van der Waals surface area contributed by atoms with Crippen molar-refractivity contribution in [1.29, 1.82) is 0 Å². The van der Waals surface area contributed by atoms with E-state index in [2.05, 4.69) is 11.8 Å². The van der Waals surface area contributed by atoms with Crippen molar-refractivity contribution < 1.29 is 22.6 Å². The fourth-order valence-corrected chi connectivity index (χ4v) is 4.84. The molecule has 0 fully saturated rings. The van der Waals surface area contributed by atoms with Gasteiger partial charge >= 0.3 is 0 Å². The molecule has 0 aliphatic heterocycles. The van der Waals surface area contributed by atoms with Gasteiger partial charge in [0.25, 0.3) is 0 Å². The topological polar surface area (TPSA) is 65.1 Å². The quantitative estimate of drug-likeness (QED) is 0.375. The summed E-state index contributed by atoms with van der Waals surface area (Å²) in [5, 5.41) is 0. The molecule has 0 N–H and O–H groups in total. The number of methoxy groups -OCH3 is 2. The van der Waals surface area contributed by atoms with Gasteiger partial charge in [0.05, 0.1) is 24.0 Å². The van der Waals surface area contributed by atoms with E-state index in [-0.39, 0.29) is 16.0 Å². The first-order valence-electron chi connectivity index (χ1n) is 10.9. The van der Waals surface area contributed by atoms with E-state index in [0.717, 1.165) is 24.9 Å². The normalized spacial score (nSPS) is 12.4. The van der Waals surface area contributed by atoms with Crippen LogP contribution in [0.3, 0.4) is 0 Å². The Labute approximate surface area is 196 Å². The van der Waals surface area contributed by atoms with Crippen molar-refractivity contribution in [3.8, 4) is 17.2 Å². The molecule has 1 unspecified atom stereocenters. The number of ether oxygens (including phenoxy) is 3. The third-order valence-electron chi connectivity index (χ3n) is 5.50. The Hall–Kier alpha value is -3.03. The summed E-state index contributed by atoms with van der Waals surface area (Å²) in [4.78, 5) is 2.67. The predicted octanol–water partition coefficient (Wildman–Crippen LogP) is 4.83. The Morgan fingerprint density at radius 2 is 1.48 bits per heavy atom. The van der Waals surface area contributed by atoms with Crippen LogP contribution in [0.15, 0.2) is 82.6 Å². The predicted molar refractivity (Wildman–Crippen MR) is 129 cm³/mol. The van der Waals surface area contributed by atoms with Crippen LogP contribution in [0.1, 0.15) is 18.9 Å². The first kappa shape index (κ1) is 24.6. The Morgan fingerprint density at radius 1 is 0.848 bits per heavy atom. The van der Waals surface area contributed by atoms with Crippen LogP contribution in [0.4, 0.5) is 0 Å². The summed E-state index contributed by atoms with van der Waals surface area (Å²) in [6.07, 6.45) is 1.47. The molecule has 0 amide bonds. The molecule has 0 aromatic heterocycles. The van der Waals surface area contributed by atoms with Crippen molar-refractivity contribution in [2.45, 2.75) is 35.8 Å². The Balaban J connectivity index is 1.63. The van der Waals surface area contributed by atoms with Gasteiger partial charge in [0.2, 0.25) is 9.84 Å². The van der Waals surface area contributed by atoms with Crippen LogP contribution in [0, 0.1) is 0 Å². The molecule has 33 heavy (non-hydrogen) atoms. The maximum absolute atomic E-state index is 12.8. The van der Waals surface area contributed by atoms with Crippen molar-refractivity contribution in [3.63, 3.8) is 0 Å². The minimum atomic E-state index is -3.54. The Kier molecular flexibility index (Phi) is 8.36. The summed E-state index contributed by atoms with van der Waals surface area (Å²) in [6.45, 7) is 2.85. The van der Waals surface area contributed by atoms with Crippen LogP contribution in [-0.4, -0.2) is 47.4 Å². The maximum atomic E-state index is 12.8. The van der Waals surface area contributed by atoms with Crippen LogP contribution in [0.2, 0.25) is 0 Å². The molecule has 0 aliphatic carbocycles. The van der Waals surface area contributed by atoms with Crippen molar-refractivity contribution in [1.82, 2.24) is 4.90 Å². The lowest BCUT2D eigenvalue weighted by Gasteiger charge is -2.28. The molecule has 0 radical (unpaired) electrons. The molecule has 0 heterocycles. The average Bonchev–Trinajstić information content (AvgIpc) is 2.86. The molecule has 3 aromatic carbocycles. The van der Waals surface area contributed by atoms with E-state index in [1.54, 1.807) is 68.8 Å². The highest BCUT2D eigenvalue weighted by molar-refractivity contribution is 7.91. The third kappa shape index (κ3) is 6.06. The van der Waals surface area contributed by atoms with E-state index >= 15 is 0 Å². The Bertz CT molecular complexity index is 1130. The van der Waals surface area contributed by atoms with Gasteiger partial charge < -0.3 is 14.2 Å². The molecular formula is C26H31NO5S. The van der Waals surface area contributed by atoms with E-state index in [4.69, 9.17) is 14.2 Å². The first-order chi connectivity index (χ1) is 15.9. The van der Waals surface area contributed by atoms with Crippen LogP contribution in [0.25, 0.3) is 0 Å². The van der Waals surface area contributed by atoms with E-state index in [1.165, 1.54) is 0 Å². The number of rotatable bonds is 11. The molecule has 176 valence electrons. The van der Waals surface area contributed by atoms with Gasteiger partial charge in [-0.2, -0.15) is 0 Å². The number of likely N-dealkylation sites (N-methyl/N-ethyl adjacent to an activating group) is 1. The van der Waals surface area contributed by atoms with Crippen molar-refractivity contribution in [3.05, 3.63) is 78.4 Å². The van der Waals surface area contributed by atoms with Gasteiger partial charge in [-0.05, 0) is 74.0 Å². The number of sulfone groups is 1. The lowest BCUT2D eigenvalue weighted by molar-refractivity contribution is 0.0427. The van der Waals surface area contributed by atoms with Crippen molar-refractivity contribution >= 4 is 9.84 Å². The van der Waals surface area contributed by atoms with Crippen LogP contribution >= 0.6 is 0 Å². The smallest absolute Gasteiger partial charge is 0.206 e. The first-order valence-corrected chi connectivity index (χ1v) is 12.3. The summed E-state index contributed by atoms with van der Waals surface area (Å²) in [6, 6.07) is 20.9. The highest BCUT2D eigenvalue weighted by Crippen LogP contribution is 2.28. The number of hydrogen-bond donors (Lipinski definition) is 0. The number of benzene rings is 3. The van der Waals surface area contributed by atoms with Crippen LogP contribution < -0.4 is 14.2 Å². The van der Waals surface area contributed by atoms with Gasteiger partial charge in [0.15, 0.2) is 17.7 Å². The zero-order valence-electron chi connectivity index (χ0n) is 19.5. The summed E-state index contributed by atoms with van der Waals surface area (Å²) in [7, 11) is 1.73. The molecule has 6 nitrogen and oxygen atoms in total. The molecule has 0 bridgehead atoms. The molecular weight excluding hydrogens is 438 g/mol. The molecule has 0 aliphatic rings. The van der Waals surface area contributed by atoms with Crippen LogP contribution in [0.5, 0.6) is 17.2 Å². The largest absolute Gasteiger partial charge is 0.493 e. The highest BCUT2D eigenvalue weighted by Gasteiger charge is 2.19. The lowest BCUT2D eigenvalue weighted by atomic mass is 10.1. The summed E-state index contributed by atoms with van der Waals surface area (Å²) < 4.78 is 42.4. The average molecular weight is 470 g/mol. The molecule has 7 heteroatoms. The maximum Gasteiger partial charge on any atom is 0.206 e. The fourth-order valence-electron chi connectivity index (χ4n) is 3.56. The summed E-state index contributed by atoms with van der Waals surface area (Å²) >= 11 is 0. The monoisotopic (exact) mass is 469 g/mol. The van der Waals surface area contributed by atoms with E-state index < -0.39 is 9.84 Å². The molecule has 0 spiro atoms. The number of hydrogen-bond acceptors (Lipinski definition) is 6. The zero-order valence-corrected chi connectivity index (χ0v) is 20.3. The molecule has 1 atom stereocenters. The van der Waals surface area contributed by atoms with Gasteiger partial charge in [0, 0.05) is 6.54 Å². The molecule has 0 saturated carbocycles. The molecule has 3 aromatic rings. The highest BCUT2D eigenvalue weighted by atomic mass is 32.2.